The average molecular weight is 292 g/mol. The second kappa shape index (κ2) is 6.97. The van der Waals surface area contributed by atoms with Crippen molar-refractivity contribution in [2.24, 2.45) is 11.8 Å². The lowest BCUT2D eigenvalue weighted by molar-refractivity contribution is -0.144. The Bertz CT molecular complexity index is 486. The lowest BCUT2D eigenvalue weighted by atomic mass is 9.87. The third-order valence-corrected chi connectivity index (χ3v) is 3.68. The molecule has 1 heterocycles. The van der Waals surface area contributed by atoms with Crippen molar-refractivity contribution < 1.29 is 19.4 Å². The van der Waals surface area contributed by atoms with E-state index in [2.05, 4.69) is 5.32 Å². The number of carbonyl (C=O) groups excluding carboxylic acids is 1. The Kier molecular flexibility index (Phi) is 5.03. The normalized spacial score (nSPS) is 16.0. The van der Waals surface area contributed by atoms with Gasteiger partial charge in [-0.1, -0.05) is 25.1 Å². The van der Waals surface area contributed by atoms with E-state index in [4.69, 9.17) is 9.84 Å². The number of hydrogen-bond acceptors (Lipinski definition) is 3. The first-order valence-corrected chi connectivity index (χ1v) is 7.01. The number of hydrogen-bond donors (Lipinski definition) is 2. The first-order chi connectivity index (χ1) is 10.1. The molecule has 1 fully saturated rings. The monoisotopic (exact) mass is 292 g/mol. The molecule has 0 bridgehead atoms. The summed E-state index contributed by atoms with van der Waals surface area (Å²) >= 11 is 0. The van der Waals surface area contributed by atoms with Gasteiger partial charge in [-0.2, -0.15) is 0 Å². The first-order valence-electron chi connectivity index (χ1n) is 7.01. The number of amides is 2. The molecule has 0 saturated carbocycles. The van der Waals surface area contributed by atoms with Crippen LogP contribution in [0.25, 0.3) is 0 Å². The van der Waals surface area contributed by atoms with E-state index in [9.17, 15) is 9.59 Å². The van der Waals surface area contributed by atoms with Gasteiger partial charge in [0.25, 0.3) is 0 Å². The van der Waals surface area contributed by atoms with Gasteiger partial charge >= 0.3 is 12.0 Å². The van der Waals surface area contributed by atoms with E-state index >= 15 is 0 Å². The molecular weight excluding hydrogens is 272 g/mol. The van der Waals surface area contributed by atoms with Crippen molar-refractivity contribution >= 4 is 12.0 Å². The van der Waals surface area contributed by atoms with Crippen molar-refractivity contribution in [1.29, 1.82) is 0 Å². The molecule has 6 heteroatoms. The minimum Gasteiger partial charge on any atom is -0.492 e. The summed E-state index contributed by atoms with van der Waals surface area (Å²) in [6, 6.07) is 9.23. The number of nitrogens with zero attached hydrogens (tertiary/aromatic N) is 1. The first kappa shape index (κ1) is 15.2. The van der Waals surface area contributed by atoms with Crippen LogP contribution in [0.15, 0.2) is 30.3 Å². The molecular formula is C15H20N2O4. The highest BCUT2D eigenvalue weighted by molar-refractivity contribution is 5.76. The number of carbonyl (C=O) groups is 2. The highest BCUT2D eigenvalue weighted by Crippen LogP contribution is 2.23. The summed E-state index contributed by atoms with van der Waals surface area (Å²) in [5.74, 6) is -0.397. The maximum Gasteiger partial charge on any atom is 0.317 e. The number of carboxylic acids is 1. The van der Waals surface area contributed by atoms with Crippen molar-refractivity contribution in [3.63, 3.8) is 0 Å². The van der Waals surface area contributed by atoms with Gasteiger partial charge in [-0.15, -0.1) is 0 Å². The Morgan fingerprint density at radius 3 is 2.67 bits per heavy atom. The molecule has 0 spiro atoms. The standard InChI is InChI=1S/C15H20N2O4/c1-11(14(18)19)12-9-17(10-12)15(20)16-7-8-21-13-5-3-2-4-6-13/h2-6,11-12H,7-10H2,1H3,(H,16,20)(H,18,19). The molecule has 1 aliphatic heterocycles. The smallest absolute Gasteiger partial charge is 0.317 e. The fourth-order valence-corrected chi connectivity index (χ4v) is 2.15. The van der Waals surface area contributed by atoms with E-state index in [1.807, 2.05) is 30.3 Å². The van der Waals surface area contributed by atoms with Crippen LogP contribution in [0.3, 0.4) is 0 Å². The molecule has 6 nitrogen and oxygen atoms in total. The molecule has 114 valence electrons. The van der Waals surface area contributed by atoms with Crippen LogP contribution in [0, 0.1) is 11.8 Å². The van der Waals surface area contributed by atoms with Gasteiger partial charge in [-0.25, -0.2) is 4.79 Å². The van der Waals surface area contributed by atoms with E-state index in [1.54, 1.807) is 11.8 Å². The van der Waals surface area contributed by atoms with Gasteiger partial charge in [0.15, 0.2) is 0 Å². The Labute approximate surface area is 123 Å². The topological polar surface area (TPSA) is 78.9 Å². The maximum atomic E-state index is 11.8. The predicted molar refractivity (Wildman–Crippen MR) is 77.2 cm³/mol. The van der Waals surface area contributed by atoms with Gasteiger partial charge in [-0.3, -0.25) is 4.79 Å². The summed E-state index contributed by atoms with van der Waals surface area (Å²) < 4.78 is 5.47. The zero-order valence-electron chi connectivity index (χ0n) is 12.0. The van der Waals surface area contributed by atoms with Crippen LogP contribution in [0.4, 0.5) is 4.79 Å². The molecule has 0 radical (unpaired) electrons. The van der Waals surface area contributed by atoms with Crippen LogP contribution in [-0.2, 0) is 4.79 Å². The number of nitrogens with one attached hydrogen (secondary N) is 1. The lowest BCUT2D eigenvalue weighted by Gasteiger charge is -2.41. The molecule has 0 aliphatic carbocycles. The van der Waals surface area contributed by atoms with E-state index in [-0.39, 0.29) is 11.9 Å². The van der Waals surface area contributed by atoms with Crippen LogP contribution in [0.5, 0.6) is 5.75 Å². The third-order valence-electron chi connectivity index (χ3n) is 3.68. The number of urea groups is 1. The zero-order chi connectivity index (χ0) is 15.2. The molecule has 2 N–H and O–H groups in total. The summed E-state index contributed by atoms with van der Waals surface area (Å²) in [4.78, 5) is 24.2. The fraction of sp³-hybridized carbons (Fsp3) is 0.467. The van der Waals surface area contributed by atoms with Crippen LogP contribution in [0.1, 0.15) is 6.92 Å². The van der Waals surface area contributed by atoms with Crippen molar-refractivity contribution in [3.8, 4) is 5.75 Å². The SMILES string of the molecule is CC(C(=O)O)C1CN(C(=O)NCCOc2ccccc2)C1. The number of para-hydroxylation sites is 1. The lowest BCUT2D eigenvalue weighted by Crippen LogP contribution is -2.56. The van der Waals surface area contributed by atoms with Crippen molar-refractivity contribution in [2.75, 3.05) is 26.2 Å². The van der Waals surface area contributed by atoms with Gasteiger partial charge in [0.05, 0.1) is 12.5 Å². The van der Waals surface area contributed by atoms with Crippen LogP contribution < -0.4 is 10.1 Å². The number of aliphatic carboxylic acids is 1. The molecule has 1 saturated heterocycles. The third kappa shape index (κ3) is 4.11. The van der Waals surface area contributed by atoms with Crippen molar-refractivity contribution in [1.82, 2.24) is 10.2 Å². The molecule has 1 unspecified atom stereocenters. The largest absolute Gasteiger partial charge is 0.492 e. The second-order valence-corrected chi connectivity index (χ2v) is 5.19. The van der Waals surface area contributed by atoms with Crippen LogP contribution >= 0.6 is 0 Å². The molecule has 1 aromatic carbocycles. The van der Waals surface area contributed by atoms with E-state index < -0.39 is 11.9 Å². The summed E-state index contributed by atoms with van der Waals surface area (Å²) in [5, 5.41) is 11.6. The highest BCUT2D eigenvalue weighted by atomic mass is 16.5. The summed E-state index contributed by atoms with van der Waals surface area (Å²) in [5.41, 5.74) is 0. The Morgan fingerprint density at radius 2 is 2.05 bits per heavy atom. The number of rotatable bonds is 6. The zero-order valence-corrected chi connectivity index (χ0v) is 12.0. The molecule has 2 rings (SSSR count). The Morgan fingerprint density at radius 1 is 1.38 bits per heavy atom. The minimum atomic E-state index is -0.809. The summed E-state index contributed by atoms with van der Waals surface area (Å²) in [6.07, 6.45) is 0. The second-order valence-electron chi connectivity index (χ2n) is 5.19. The molecule has 1 aromatic rings. The number of carboxylic acid groups (broad SMARTS) is 1. The average Bonchev–Trinajstić information content (AvgIpc) is 2.43. The Hall–Kier alpha value is -2.24. The van der Waals surface area contributed by atoms with Crippen molar-refractivity contribution in [3.05, 3.63) is 30.3 Å². The molecule has 0 aromatic heterocycles. The highest BCUT2D eigenvalue weighted by Gasteiger charge is 2.36. The van der Waals surface area contributed by atoms with E-state index in [0.29, 0.717) is 26.2 Å². The van der Waals surface area contributed by atoms with E-state index in [0.717, 1.165) is 5.75 Å². The minimum absolute atomic E-state index is 0.0498. The number of benzene rings is 1. The molecule has 2 amide bonds. The van der Waals surface area contributed by atoms with Gasteiger partial charge in [-0.05, 0) is 12.1 Å². The van der Waals surface area contributed by atoms with Crippen molar-refractivity contribution in [2.45, 2.75) is 6.92 Å². The van der Waals surface area contributed by atoms with E-state index in [1.165, 1.54) is 0 Å². The van der Waals surface area contributed by atoms with Crippen LogP contribution in [-0.4, -0.2) is 48.2 Å². The molecule has 21 heavy (non-hydrogen) atoms. The van der Waals surface area contributed by atoms with Gasteiger partial charge < -0.3 is 20.1 Å². The summed E-state index contributed by atoms with van der Waals surface area (Å²) in [7, 11) is 0. The molecule has 1 aliphatic rings. The van der Waals surface area contributed by atoms with Gasteiger partial charge in [0.1, 0.15) is 12.4 Å². The molecule has 1 atom stereocenters. The van der Waals surface area contributed by atoms with Gasteiger partial charge in [0.2, 0.25) is 0 Å². The maximum absolute atomic E-state index is 11.8. The van der Waals surface area contributed by atoms with Gasteiger partial charge in [0, 0.05) is 19.0 Å². The fourth-order valence-electron chi connectivity index (χ4n) is 2.15. The van der Waals surface area contributed by atoms with Crippen LogP contribution in [0.2, 0.25) is 0 Å². The number of likely N-dealkylation sites (tertiary alicyclic amines) is 1. The summed E-state index contributed by atoms with van der Waals surface area (Å²) in [6.45, 7) is 3.50. The Balaban J connectivity index is 1.60. The predicted octanol–water partition coefficient (Wildman–Crippen LogP) is 1.43. The quantitative estimate of drug-likeness (QED) is 0.777. The number of ether oxygens (including phenoxy) is 1.